The first-order valence-electron chi connectivity index (χ1n) is 10.8. The van der Waals surface area contributed by atoms with Gasteiger partial charge in [0.2, 0.25) is 0 Å². The maximum absolute atomic E-state index is 6.15. The van der Waals surface area contributed by atoms with Gasteiger partial charge in [0.05, 0.1) is 24.8 Å². The van der Waals surface area contributed by atoms with Gasteiger partial charge in [-0.1, -0.05) is 6.07 Å². The molecule has 148 valence electrons. The van der Waals surface area contributed by atoms with E-state index >= 15 is 0 Å². The van der Waals surface area contributed by atoms with Crippen LogP contribution in [0.2, 0.25) is 0 Å². The number of likely N-dealkylation sites (tertiary alicyclic amines) is 2. The summed E-state index contributed by atoms with van der Waals surface area (Å²) in [5.41, 5.74) is 0. The summed E-state index contributed by atoms with van der Waals surface area (Å²) < 4.78 is 6.15. The molecule has 4 aliphatic rings. The lowest BCUT2D eigenvalue weighted by molar-refractivity contribution is 0.0767. The average molecular weight is 389 g/mol. The van der Waals surface area contributed by atoms with Crippen LogP contribution >= 0.6 is 11.3 Å². The lowest BCUT2D eigenvalue weighted by Gasteiger charge is -2.27. The van der Waals surface area contributed by atoms with Crippen LogP contribution in [0, 0.1) is 11.8 Å². The smallest absolute Gasteiger partial charge is 0.194 e. The van der Waals surface area contributed by atoms with Crippen LogP contribution in [0.5, 0.6) is 0 Å². The molecule has 5 heterocycles. The van der Waals surface area contributed by atoms with E-state index in [1.165, 1.54) is 43.6 Å². The molecule has 0 aliphatic carbocycles. The summed E-state index contributed by atoms with van der Waals surface area (Å²) in [6, 6.07) is 4.89. The Kier molecular flexibility index (Phi) is 5.13. The molecule has 5 rings (SSSR count). The molecular formula is C21H32N4OS. The van der Waals surface area contributed by atoms with Crippen LogP contribution in [0.15, 0.2) is 22.5 Å². The second-order valence-corrected chi connectivity index (χ2v) is 9.47. The Bertz CT molecular complexity index is 639. The number of aliphatic imine (C=N–C) groups is 1. The van der Waals surface area contributed by atoms with Gasteiger partial charge in [0.25, 0.3) is 0 Å². The molecule has 2 bridgehead atoms. The predicted octanol–water partition coefficient (Wildman–Crippen LogP) is 2.96. The molecule has 27 heavy (non-hydrogen) atoms. The minimum atomic E-state index is 0.433. The predicted molar refractivity (Wildman–Crippen MR) is 110 cm³/mol. The van der Waals surface area contributed by atoms with Crippen molar-refractivity contribution in [3.8, 4) is 0 Å². The van der Waals surface area contributed by atoms with Crippen molar-refractivity contribution in [1.29, 1.82) is 0 Å². The van der Waals surface area contributed by atoms with Gasteiger partial charge in [-0.3, -0.25) is 9.89 Å². The Labute approximate surface area is 166 Å². The van der Waals surface area contributed by atoms with Crippen molar-refractivity contribution in [3.63, 3.8) is 0 Å². The van der Waals surface area contributed by atoms with Crippen LogP contribution in [0.4, 0.5) is 0 Å². The van der Waals surface area contributed by atoms with Gasteiger partial charge in [0, 0.05) is 36.3 Å². The van der Waals surface area contributed by atoms with Crippen LogP contribution in [0.3, 0.4) is 0 Å². The van der Waals surface area contributed by atoms with Gasteiger partial charge in [-0.15, -0.1) is 11.3 Å². The summed E-state index contributed by atoms with van der Waals surface area (Å²) >= 11 is 1.88. The third-order valence-electron chi connectivity index (χ3n) is 6.95. The lowest BCUT2D eigenvalue weighted by Crippen LogP contribution is -2.42. The number of hydrogen-bond acceptors (Lipinski definition) is 4. The van der Waals surface area contributed by atoms with Crippen LogP contribution in [-0.4, -0.2) is 67.2 Å². The number of hydrogen-bond donors (Lipinski definition) is 1. The molecule has 1 N–H and O–H groups in total. The van der Waals surface area contributed by atoms with E-state index < -0.39 is 0 Å². The minimum absolute atomic E-state index is 0.433. The highest BCUT2D eigenvalue weighted by atomic mass is 32.1. The van der Waals surface area contributed by atoms with Crippen LogP contribution in [-0.2, 0) is 4.74 Å². The van der Waals surface area contributed by atoms with E-state index in [1.54, 1.807) is 0 Å². The van der Waals surface area contributed by atoms with Gasteiger partial charge in [-0.2, -0.15) is 0 Å². The summed E-state index contributed by atoms with van der Waals surface area (Å²) in [4.78, 5) is 11.8. The third-order valence-corrected chi connectivity index (χ3v) is 7.93. The molecule has 0 spiro atoms. The minimum Gasteiger partial charge on any atom is -0.374 e. The van der Waals surface area contributed by atoms with Crippen LogP contribution in [0.1, 0.15) is 43.5 Å². The lowest BCUT2D eigenvalue weighted by atomic mass is 9.82. The Hall–Kier alpha value is -1.11. The fraction of sp³-hybridized carbons (Fsp3) is 0.762. The molecule has 4 saturated heterocycles. The normalized spacial score (nSPS) is 34.4. The Morgan fingerprint density at radius 1 is 1.26 bits per heavy atom. The largest absolute Gasteiger partial charge is 0.374 e. The van der Waals surface area contributed by atoms with E-state index in [0.29, 0.717) is 18.2 Å². The number of rotatable bonds is 5. The van der Waals surface area contributed by atoms with Gasteiger partial charge in [-0.25, -0.2) is 0 Å². The van der Waals surface area contributed by atoms with Gasteiger partial charge in [-0.05, 0) is 57.1 Å². The van der Waals surface area contributed by atoms with Gasteiger partial charge >= 0.3 is 0 Å². The zero-order valence-electron chi connectivity index (χ0n) is 16.3. The van der Waals surface area contributed by atoms with E-state index in [4.69, 9.17) is 9.73 Å². The van der Waals surface area contributed by atoms with Crippen molar-refractivity contribution in [2.75, 3.05) is 39.3 Å². The summed E-state index contributed by atoms with van der Waals surface area (Å²) in [6.07, 6.45) is 6.20. The number of guanidine groups is 1. The van der Waals surface area contributed by atoms with E-state index in [1.807, 2.05) is 11.3 Å². The molecule has 4 aliphatic heterocycles. The number of nitrogens with zero attached hydrogens (tertiary/aromatic N) is 3. The van der Waals surface area contributed by atoms with Crippen molar-refractivity contribution in [3.05, 3.63) is 22.4 Å². The van der Waals surface area contributed by atoms with Crippen LogP contribution < -0.4 is 5.32 Å². The van der Waals surface area contributed by atoms with Gasteiger partial charge in [0.1, 0.15) is 0 Å². The van der Waals surface area contributed by atoms with Gasteiger partial charge in [0.15, 0.2) is 5.96 Å². The average Bonchev–Trinajstić information content (AvgIpc) is 3.50. The SMILES string of the molecule is CCNC(=NCC(c1cccs1)N1CCCC1)N1CC2C3CCC(O3)C2C1. The standard InChI is InChI=1S/C21H32N4OS/c1-2-22-21(25-13-15-16(14-25)19-8-7-18(15)26-19)23-12-17(20-6-5-11-27-20)24-9-3-4-10-24/h5-6,11,15-19H,2-4,7-10,12-14H2,1H3,(H,22,23). The molecule has 5 atom stereocenters. The van der Waals surface area contributed by atoms with E-state index in [0.717, 1.165) is 44.0 Å². The van der Waals surface area contributed by atoms with E-state index in [9.17, 15) is 0 Å². The monoisotopic (exact) mass is 388 g/mol. The highest BCUT2D eigenvalue weighted by Crippen LogP contribution is 2.47. The van der Waals surface area contributed by atoms with Crippen LogP contribution in [0.25, 0.3) is 0 Å². The number of nitrogens with one attached hydrogen (secondary N) is 1. The zero-order chi connectivity index (χ0) is 18.2. The highest BCUT2D eigenvalue weighted by molar-refractivity contribution is 7.10. The summed E-state index contributed by atoms with van der Waals surface area (Å²) in [7, 11) is 0. The Morgan fingerprint density at radius 3 is 2.63 bits per heavy atom. The maximum Gasteiger partial charge on any atom is 0.194 e. The quantitative estimate of drug-likeness (QED) is 0.622. The van der Waals surface area contributed by atoms with Gasteiger partial charge < -0.3 is 15.0 Å². The molecular weight excluding hydrogens is 356 g/mol. The first kappa shape index (κ1) is 18.0. The zero-order valence-corrected chi connectivity index (χ0v) is 17.2. The summed E-state index contributed by atoms with van der Waals surface area (Å²) in [6.45, 7) is 8.62. The maximum atomic E-state index is 6.15. The molecule has 0 aromatic carbocycles. The van der Waals surface area contributed by atoms with Crippen molar-refractivity contribution in [1.82, 2.24) is 15.1 Å². The second kappa shape index (κ2) is 7.72. The molecule has 1 aromatic heterocycles. The molecule has 5 unspecified atom stereocenters. The van der Waals surface area contributed by atoms with E-state index in [2.05, 4.69) is 39.6 Å². The summed E-state index contributed by atoms with van der Waals surface area (Å²) in [5.74, 6) is 2.56. The molecule has 1 aromatic rings. The van der Waals surface area contributed by atoms with Crippen molar-refractivity contribution >= 4 is 17.3 Å². The topological polar surface area (TPSA) is 40.1 Å². The fourth-order valence-electron chi connectivity index (χ4n) is 5.65. The van der Waals surface area contributed by atoms with Crippen molar-refractivity contribution in [2.45, 2.75) is 50.9 Å². The first-order valence-corrected chi connectivity index (χ1v) is 11.7. The molecule has 0 saturated carbocycles. The highest BCUT2D eigenvalue weighted by Gasteiger charge is 2.53. The third kappa shape index (κ3) is 3.40. The van der Waals surface area contributed by atoms with Crippen molar-refractivity contribution in [2.24, 2.45) is 16.8 Å². The first-order chi connectivity index (χ1) is 13.3. The number of fused-ring (bicyclic) bond motifs is 5. The van der Waals surface area contributed by atoms with Crippen molar-refractivity contribution < 1.29 is 4.74 Å². The fourth-order valence-corrected chi connectivity index (χ4v) is 6.50. The molecule has 0 amide bonds. The second-order valence-electron chi connectivity index (χ2n) is 8.49. The van der Waals surface area contributed by atoms with E-state index in [-0.39, 0.29) is 0 Å². The number of thiophene rings is 1. The summed E-state index contributed by atoms with van der Waals surface area (Å²) in [5, 5.41) is 5.77. The number of ether oxygens (including phenoxy) is 1. The molecule has 0 radical (unpaired) electrons. The molecule has 6 heteroatoms. The Morgan fingerprint density at radius 2 is 2.00 bits per heavy atom. The molecule has 4 fully saturated rings. The molecule has 5 nitrogen and oxygen atoms in total. The Balaban J connectivity index is 1.31.